The van der Waals surface area contributed by atoms with Crippen LogP contribution in [0.25, 0.3) is 0 Å². The highest BCUT2D eigenvalue weighted by Crippen LogP contribution is 2.28. The van der Waals surface area contributed by atoms with E-state index in [2.05, 4.69) is 11.9 Å². The smallest absolute Gasteiger partial charge is 0.142 e. The zero-order valence-electron chi connectivity index (χ0n) is 13.0. The Morgan fingerprint density at radius 1 is 1.26 bits per heavy atom. The van der Waals surface area contributed by atoms with E-state index in [-0.39, 0.29) is 22.9 Å². The van der Waals surface area contributed by atoms with Gasteiger partial charge in [-0.3, -0.25) is 0 Å². The summed E-state index contributed by atoms with van der Waals surface area (Å²) in [7, 11) is 0. The lowest BCUT2D eigenvalue weighted by Crippen LogP contribution is -2.24. The van der Waals surface area contributed by atoms with Crippen molar-refractivity contribution >= 4 is 34.4 Å². The van der Waals surface area contributed by atoms with Crippen LogP contribution in [0.15, 0.2) is 35.0 Å². The van der Waals surface area contributed by atoms with Crippen molar-refractivity contribution in [1.82, 2.24) is 0 Å². The molecule has 122 valence electrons. The minimum absolute atomic E-state index is 0.00777. The van der Waals surface area contributed by atoms with E-state index in [1.165, 1.54) is 12.1 Å². The van der Waals surface area contributed by atoms with Crippen LogP contribution in [0.3, 0.4) is 0 Å². The predicted molar refractivity (Wildman–Crippen MR) is 93.8 cm³/mol. The Bertz CT molecular complexity index is 680. The first-order valence-corrected chi connectivity index (χ1v) is 7.96. The average Bonchev–Trinajstić information content (AvgIpc) is 2.51. The molecule has 0 aromatic heterocycles. The van der Waals surface area contributed by atoms with Gasteiger partial charge < -0.3 is 20.7 Å². The van der Waals surface area contributed by atoms with Gasteiger partial charge in [-0.25, -0.2) is 4.99 Å². The Kier molecular flexibility index (Phi) is 5.93. The Morgan fingerprint density at radius 2 is 2.04 bits per heavy atom. The van der Waals surface area contributed by atoms with Gasteiger partial charge in [-0.1, -0.05) is 31.4 Å². The number of unbranched alkanes of at least 4 members (excludes halogenated alkanes) is 2. The van der Waals surface area contributed by atoms with E-state index in [1.54, 1.807) is 12.1 Å². The zero-order valence-corrected chi connectivity index (χ0v) is 13.8. The fourth-order valence-corrected chi connectivity index (χ4v) is 2.29. The van der Waals surface area contributed by atoms with Crippen LogP contribution in [0.2, 0.25) is 5.02 Å². The third-order valence-electron chi connectivity index (χ3n) is 3.41. The van der Waals surface area contributed by atoms with Crippen LogP contribution in [-0.4, -0.2) is 28.8 Å². The Balaban J connectivity index is 2.19. The molecule has 1 aliphatic rings. The Hall–Kier alpha value is -2.14. The van der Waals surface area contributed by atoms with Crippen molar-refractivity contribution < 1.29 is 9.84 Å². The average molecular weight is 334 g/mol. The lowest BCUT2D eigenvalue weighted by atomic mass is 9.99. The molecule has 0 saturated heterocycles. The molecule has 0 fully saturated rings. The molecule has 0 unspecified atom stereocenters. The molecule has 6 heteroatoms. The second kappa shape index (κ2) is 7.92. The molecule has 23 heavy (non-hydrogen) atoms. The van der Waals surface area contributed by atoms with E-state index in [0.29, 0.717) is 29.5 Å². The minimum atomic E-state index is -0.00777. The summed E-state index contributed by atoms with van der Waals surface area (Å²) in [5.74, 6) is 0.465. The summed E-state index contributed by atoms with van der Waals surface area (Å²) in [6.07, 6.45) is 4.96. The number of hydrogen-bond donors (Lipinski definition) is 3. The summed E-state index contributed by atoms with van der Waals surface area (Å²) >= 11 is 5.87. The van der Waals surface area contributed by atoms with Crippen LogP contribution < -0.4 is 0 Å². The summed E-state index contributed by atoms with van der Waals surface area (Å²) < 4.78 is 5.65. The molecule has 0 bridgehead atoms. The lowest BCUT2D eigenvalue weighted by Gasteiger charge is -2.17. The number of nitrogens with zero attached hydrogens (tertiary/aromatic N) is 1. The quantitative estimate of drug-likeness (QED) is 0.661. The van der Waals surface area contributed by atoms with Crippen molar-refractivity contribution in [2.45, 2.75) is 32.6 Å². The molecule has 0 heterocycles. The molecule has 0 spiro atoms. The number of phenols is 1. The third-order valence-corrected chi connectivity index (χ3v) is 3.72. The van der Waals surface area contributed by atoms with Gasteiger partial charge in [-0.2, -0.15) is 0 Å². The number of hydrogen-bond acceptors (Lipinski definition) is 5. The van der Waals surface area contributed by atoms with Crippen LogP contribution >= 0.6 is 11.6 Å². The van der Waals surface area contributed by atoms with E-state index in [0.717, 1.165) is 19.3 Å². The van der Waals surface area contributed by atoms with Crippen molar-refractivity contribution in [3.63, 3.8) is 0 Å². The maximum Gasteiger partial charge on any atom is 0.142 e. The lowest BCUT2D eigenvalue weighted by molar-refractivity contribution is 0.223. The van der Waals surface area contributed by atoms with Crippen molar-refractivity contribution in [2.24, 2.45) is 4.99 Å². The second-order valence-electron chi connectivity index (χ2n) is 5.33. The molecular weight excluding hydrogens is 314 g/mol. The number of aliphatic imine (C=N–C) groups is 1. The highest BCUT2D eigenvalue weighted by atomic mass is 35.5. The van der Waals surface area contributed by atoms with Gasteiger partial charge in [0.25, 0.3) is 0 Å². The number of nitrogens with one attached hydrogen (secondary N) is 2. The van der Waals surface area contributed by atoms with Crippen LogP contribution in [0, 0.1) is 10.8 Å². The largest absolute Gasteiger partial charge is 0.506 e. The number of aromatic hydroxyl groups is 1. The molecule has 5 nitrogen and oxygen atoms in total. The maximum atomic E-state index is 9.44. The summed E-state index contributed by atoms with van der Waals surface area (Å²) in [5.41, 5.74) is 1.56. The molecule has 2 rings (SSSR count). The summed E-state index contributed by atoms with van der Waals surface area (Å²) in [5, 5.41) is 25.6. The van der Waals surface area contributed by atoms with Crippen molar-refractivity contribution in [2.75, 3.05) is 6.61 Å². The van der Waals surface area contributed by atoms with Crippen molar-refractivity contribution in [1.29, 1.82) is 10.8 Å². The van der Waals surface area contributed by atoms with Gasteiger partial charge >= 0.3 is 0 Å². The van der Waals surface area contributed by atoms with Gasteiger partial charge in [0, 0.05) is 12.5 Å². The van der Waals surface area contributed by atoms with Gasteiger partial charge in [0.2, 0.25) is 0 Å². The van der Waals surface area contributed by atoms with Crippen LogP contribution in [-0.2, 0) is 4.74 Å². The van der Waals surface area contributed by atoms with Gasteiger partial charge in [0.1, 0.15) is 11.5 Å². The first-order chi connectivity index (χ1) is 11.0. The van der Waals surface area contributed by atoms with Crippen LogP contribution in [0.5, 0.6) is 5.75 Å². The monoisotopic (exact) mass is 333 g/mol. The topological polar surface area (TPSA) is 89.5 Å². The highest BCUT2D eigenvalue weighted by Gasteiger charge is 2.20. The van der Waals surface area contributed by atoms with Gasteiger partial charge in [-0.15, -0.1) is 0 Å². The molecule has 0 atom stereocenters. The number of benzene rings is 1. The number of rotatable bonds is 6. The number of ether oxygens (including phenoxy) is 1. The van der Waals surface area contributed by atoms with E-state index < -0.39 is 0 Å². The van der Waals surface area contributed by atoms with Crippen LogP contribution in [0.1, 0.15) is 32.6 Å². The van der Waals surface area contributed by atoms with Gasteiger partial charge in [-0.05, 0) is 24.6 Å². The summed E-state index contributed by atoms with van der Waals surface area (Å²) in [6.45, 7) is 2.69. The normalized spacial score (nSPS) is 16.6. The molecule has 3 N–H and O–H groups in total. The zero-order chi connectivity index (χ0) is 16.8. The predicted octanol–water partition coefficient (Wildman–Crippen LogP) is 4.65. The number of halogens is 1. The van der Waals surface area contributed by atoms with E-state index in [9.17, 15) is 5.11 Å². The first-order valence-electron chi connectivity index (χ1n) is 7.58. The summed E-state index contributed by atoms with van der Waals surface area (Å²) in [6, 6.07) is 4.62. The van der Waals surface area contributed by atoms with Crippen LogP contribution in [0.4, 0.5) is 5.69 Å². The molecule has 0 radical (unpaired) electrons. The van der Waals surface area contributed by atoms with E-state index in [1.807, 2.05) is 0 Å². The SMILES string of the molecule is CCCCCOC1=CC(=Nc2ccc(O)c(Cl)c2)C(=N)CC1=N. The van der Waals surface area contributed by atoms with Crippen molar-refractivity contribution in [3.05, 3.63) is 35.1 Å². The second-order valence-corrected chi connectivity index (χ2v) is 5.74. The third kappa shape index (κ3) is 4.66. The van der Waals surface area contributed by atoms with Gasteiger partial charge in [0.15, 0.2) is 0 Å². The molecule has 0 saturated carbocycles. The first kappa shape index (κ1) is 17.2. The molecule has 1 aromatic rings. The standard InChI is InChI=1S/C17H20ClN3O2/c1-2-3-4-7-23-17-10-15(13(19)9-14(17)20)21-11-5-6-16(22)12(18)8-11/h5-6,8,10,19-20,22H,2-4,7,9H2,1H3. The Morgan fingerprint density at radius 3 is 2.74 bits per heavy atom. The fraction of sp³-hybridized carbons (Fsp3) is 0.353. The molecular formula is C17H20ClN3O2. The molecule has 1 aliphatic carbocycles. The Labute approximate surface area is 140 Å². The van der Waals surface area contributed by atoms with E-state index in [4.69, 9.17) is 27.2 Å². The van der Waals surface area contributed by atoms with E-state index >= 15 is 0 Å². The minimum Gasteiger partial charge on any atom is -0.506 e. The number of phenolic OH excluding ortho intramolecular Hbond substituents is 1. The maximum absolute atomic E-state index is 9.44. The molecule has 0 aliphatic heterocycles. The highest BCUT2D eigenvalue weighted by molar-refractivity contribution is 6.51. The van der Waals surface area contributed by atoms with Gasteiger partial charge in [0.05, 0.1) is 34.5 Å². The van der Waals surface area contributed by atoms with Crippen molar-refractivity contribution in [3.8, 4) is 5.75 Å². The molecule has 0 amide bonds. The fourth-order valence-electron chi connectivity index (χ4n) is 2.12. The molecule has 1 aromatic carbocycles. The number of allylic oxidation sites excluding steroid dienone is 2. The summed E-state index contributed by atoms with van der Waals surface area (Å²) in [4.78, 5) is 4.37.